The van der Waals surface area contributed by atoms with Crippen molar-refractivity contribution in [2.75, 3.05) is 12.8 Å². The van der Waals surface area contributed by atoms with Crippen molar-refractivity contribution >= 4 is 16.9 Å². The van der Waals surface area contributed by atoms with E-state index in [0.717, 1.165) is 22.6 Å². The fourth-order valence-electron chi connectivity index (χ4n) is 2.50. The summed E-state index contributed by atoms with van der Waals surface area (Å²) in [5, 5.41) is 0. The Morgan fingerprint density at radius 3 is 2.71 bits per heavy atom. The first-order chi connectivity index (χ1) is 10.1. The number of hydrogen-bond donors (Lipinski definition) is 1. The van der Waals surface area contributed by atoms with Crippen LogP contribution in [0.25, 0.3) is 22.6 Å². The summed E-state index contributed by atoms with van der Waals surface area (Å²) in [6.07, 6.45) is 1.79. The van der Waals surface area contributed by atoms with Crippen LogP contribution in [0.15, 0.2) is 36.5 Å². The molecule has 5 nitrogen and oxygen atoms in total. The van der Waals surface area contributed by atoms with Crippen LogP contribution in [0.5, 0.6) is 5.75 Å². The van der Waals surface area contributed by atoms with Crippen molar-refractivity contribution in [2.45, 2.75) is 19.9 Å². The Labute approximate surface area is 123 Å². The zero-order valence-corrected chi connectivity index (χ0v) is 12.4. The lowest BCUT2D eigenvalue weighted by atomic mass is 10.1. The van der Waals surface area contributed by atoms with Crippen LogP contribution in [-0.2, 0) is 0 Å². The number of nitrogens with zero attached hydrogens (tertiary/aromatic N) is 3. The van der Waals surface area contributed by atoms with Gasteiger partial charge < -0.3 is 15.0 Å². The SMILES string of the molecule is COc1ccc(-c2nc3cccnc3n2C(C)C)cc1N. The number of hydrogen-bond acceptors (Lipinski definition) is 4. The van der Waals surface area contributed by atoms with Crippen molar-refractivity contribution in [3.8, 4) is 17.1 Å². The monoisotopic (exact) mass is 282 g/mol. The normalized spacial score (nSPS) is 11.2. The second-order valence-corrected chi connectivity index (χ2v) is 5.20. The number of methoxy groups -OCH3 is 1. The number of pyridine rings is 1. The van der Waals surface area contributed by atoms with Crippen LogP contribution in [-0.4, -0.2) is 21.6 Å². The van der Waals surface area contributed by atoms with Gasteiger partial charge >= 0.3 is 0 Å². The average molecular weight is 282 g/mol. The van der Waals surface area contributed by atoms with E-state index < -0.39 is 0 Å². The molecule has 2 aromatic heterocycles. The second-order valence-electron chi connectivity index (χ2n) is 5.20. The largest absolute Gasteiger partial charge is 0.495 e. The van der Waals surface area contributed by atoms with Crippen molar-refractivity contribution in [1.82, 2.24) is 14.5 Å². The predicted octanol–water partition coefficient (Wildman–Crippen LogP) is 3.27. The van der Waals surface area contributed by atoms with Crippen LogP contribution in [0.1, 0.15) is 19.9 Å². The highest BCUT2D eigenvalue weighted by Gasteiger charge is 2.16. The molecule has 0 aliphatic carbocycles. The Morgan fingerprint density at radius 2 is 2.05 bits per heavy atom. The van der Waals surface area contributed by atoms with Gasteiger partial charge in [-0.25, -0.2) is 9.97 Å². The maximum absolute atomic E-state index is 6.01. The van der Waals surface area contributed by atoms with Crippen LogP contribution in [0.2, 0.25) is 0 Å². The summed E-state index contributed by atoms with van der Waals surface area (Å²) < 4.78 is 7.33. The minimum Gasteiger partial charge on any atom is -0.495 e. The third kappa shape index (κ3) is 2.20. The number of aromatic nitrogens is 3. The van der Waals surface area contributed by atoms with Crippen LogP contribution >= 0.6 is 0 Å². The number of anilines is 1. The first-order valence-electron chi connectivity index (χ1n) is 6.88. The quantitative estimate of drug-likeness (QED) is 0.749. The number of benzene rings is 1. The fourth-order valence-corrected chi connectivity index (χ4v) is 2.50. The smallest absolute Gasteiger partial charge is 0.160 e. The summed E-state index contributed by atoms with van der Waals surface area (Å²) in [5.41, 5.74) is 9.34. The van der Waals surface area contributed by atoms with E-state index in [1.54, 1.807) is 13.3 Å². The van der Waals surface area contributed by atoms with E-state index >= 15 is 0 Å². The zero-order chi connectivity index (χ0) is 15.0. The number of rotatable bonds is 3. The summed E-state index contributed by atoms with van der Waals surface area (Å²) in [5.74, 6) is 1.54. The lowest BCUT2D eigenvalue weighted by Crippen LogP contribution is -2.04. The van der Waals surface area contributed by atoms with Gasteiger partial charge in [0.1, 0.15) is 17.1 Å². The molecule has 3 rings (SSSR count). The van der Waals surface area contributed by atoms with E-state index in [9.17, 15) is 0 Å². The van der Waals surface area contributed by atoms with Gasteiger partial charge in [-0.15, -0.1) is 0 Å². The fraction of sp³-hybridized carbons (Fsp3) is 0.250. The van der Waals surface area contributed by atoms with Crippen LogP contribution in [0.4, 0.5) is 5.69 Å². The minimum atomic E-state index is 0.253. The lowest BCUT2D eigenvalue weighted by Gasteiger charge is -2.13. The Balaban J connectivity index is 2.24. The van der Waals surface area contributed by atoms with Gasteiger partial charge in [-0.2, -0.15) is 0 Å². The number of nitrogen functional groups attached to an aromatic ring is 1. The van der Waals surface area contributed by atoms with E-state index in [-0.39, 0.29) is 6.04 Å². The average Bonchev–Trinajstić information content (AvgIpc) is 2.86. The van der Waals surface area contributed by atoms with E-state index in [4.69, 9.17) is 15.5 Å². The van der Waals surface area contributed by atoms with Gasteiger partial charge in [0.25, 0.3) is 0 Å². The van der Waals surface area contributed by atoms with Crippen LogP contribution in [0, 0.1) is 0 Å². The van der Waals surface area contributed by atoms with Crippen molar-refractivity contribution in [1.29, 1.82) is 0 Å². The third-order valence-electron chi connectivity index (χ3n) is 3.45. The van der Waals surface area contributed by atoms with Gasteiger partial charge in [0, 0.05) is 17.8 Å². The van der Waals surface area contributed by atoms with Crippen LogP contribution < -0.4 is 10.5 Å². The maximum Gasteiger partial charge on any atom is 0.160 e. The molecule has 0 aliphatic heterocycles. The molecule has 3 aromatic rings. The highest BCUT2D eigenvalue weighted by molar-refractivity contribution is 5.78. The summed E-state index contributed by atoms with van der Waals surface area (Å²) >= 11 is 0. The molecule has 0 saturated heterocycles. The molecule has 0 bridgehead atoms. The summed E-state index contributed by atoms with van der Waals surface area (Å²) in [7, 11) is 1.61. The second kappa shape index (κ2) is 5.09. The minimum absolute atomic E-state index is 0.253. The molecule has 2 heterocycles. The van der Waals surface area contributed by atoms with Gasteiger partial charge in [0.05, 0.1) is 12.8 Å². The van der Waals surface area contributed by atoms with Gasteiger partial charge in [-0.05, 0) is 44.2 Å². The van der Waals surface area contributed by atoms with Gasteiger partial charge in [0.2, 0.25) is 0 Å². The number of fused-ring (bicyclic) bond motifs is 1. The molecular formula is C16H18N4O. The number of ether oxygens (including phenoxy) is 1. The van der Waals surface area contributed by atoms with Gasteiger partial charge in [0.15, 0.2) is 5.65 Å². The highest BCUT2D eigenvalue weighted by atomic mass is 16.5. The summed E-state index contributed by atoms with van der Waals surface area (Å²) in [6, 6.07) is 9.84. The van der Waals surface area contributed by atoms with Crippen molar-refractivity contribution < 1.29 is 4.74 Å². The number of nitrogens with two attached hydrogens (primary N) is 1. The molecule has 2 N–H and O–H groups in total. The molecule has 0 saturated carbocycles. The molecule has 0 aliphatic rings. The third-order valence-corrected chi connectivity index (χ3v) is 3.45. The molecule has 5 heteroatoms. The van der Waals surface area contributed by atoms with Gasteiger partial charge in [-0.3, -0.25) is 0 Å². The Hall–Kier alpha value is -2.56. The van der Waals surface area contributed by atoms with E-state index in [1.807, 2.05) is 30.3 Å². The van der Waals surface area contributed by atoms with E-state index in [0.29, 0.717) is 11.4 Å². The Kier molecular flexibility index (Phi) is 3.25. The number of imidazole rings is 1. The Bertz CT molecular complexity index is 792. The molecule has 0 spiro atoms. The van der Waals surface area contributed by atoms with Crippen molar-refractivity contribution in [3.63, 3.8) is 0 Å². The van der Waals surface area contributed by atoms with E-state index in [1.165, 1.54) is 0 Å². The molecular weight excluding hydrogens is 264 g/mol. The molecule has 0 amide bonds. The molecule has 0 radical (unpaired) electrons. The maximum atomic E-state index is 6.01. The first kappa shape index (κ1) is 13.4. The summed E-state index contributed by atoms with van der Waals surface area (Å²) in [6.45, 7) is 4.23. The molecule has 0 atom stereocenters. The van der Waals surface area contributed by atoms with Crippen LogP contribution in [0.3, 0.4) is 0 Å². The lowest BCUT2D eigenvalue weighted by molar-refractivity contribution is 0.417. The topological polar surface area (TPSA) is 66.0 Å². The summed E-state index contributed by atoms with van der Waals surface area (Å²) in [4.78, 5) is 9.15. The molecule has 0 fully saturated rings. The van der Waals surface area contributed by atoms with Crippen molar-refractivity contribution in [2.24, 2.45) is 0 Å². The van der Waals surface area contributed by atoms with E-state index in [2.05, 4.69) is 23.4 Å². The highest BCUT2D eigenvalue weighted by Crippen LogP contribution is 2.31. The molecule has 0 unspecified atom stereocenters. The molecule has 1 aromatic carbocycles. The Morgan fingerprint density at radius 1 is 1.24 bits per heavy atom. The standard InChI is InChI=1S/C16H18N4O/c1-10(2)20-15(19-13-5-4-8-18-16(13)20)11-6-7-14(21-3)12(17)9-11/h4-10H,17H2,1-3H3. The zero-order valence-electron chi connectivity index (χ0n) is 12.4. The molecule has 108 valence electrons. The van der Waals surface area contributed by atoms with Crippen molar-refractivity contribution in [3.05, 3.63) is 36.5 Å². The van der Waals surface area contributed by atoms with Gasteiger partial charge in [-0.1, -0.05) is 0 Å². The first-order valence-corrected chi connectivity index (χ1v) is 6.88. The predicted molar refractivity (Wildman–Crippen MR) is 84.3 cm³/mol. The molecule has 21 heavy (non-hydrogen) atoms.